The number of ether oxygens (including phenoxy) is 1. The fraction of sp³-hybridized carbons (Fsp3) is 0.500. The minimum Gasteiger partial charge on any atom is -0.464 e. The third-order valence-corrected chi connectivity index (χ3v) is 2.75. The summed E-state index contributed by atoms with van der Waals surface area (Å²) < 4.78 is 10.2. The van der Waals surface area contributed by atoms with Gasteiger partial charge >= 0.3 is 5.97 Å². The van der Waals surface area contributed by atoms with Crippen LogP contribution < -0.4 is 0 Å². The van der Waals surface area contributed by atoms with E-state index in [9.17, 15) is 4.79 Å². The largest absolute Gasteiger partial charge is 0.464 e. The zero-order chi connectivity index (χ0) is 9.42. The molecule has 0 aliphatic heterocycles. The van der Waals surface area contributed by atoms with Gasteiger partial charge in [0.15, 0.2) is 5.76 Å². The molecule has 0 saturated heterocycles. The van der Waals surface area contributed by atoms with E-state index in [1.807, 2.05) is 0 Å². The van der Waals surface area contributed by atoms with Crippen molar-refractivity contribution in [3.8, 4) is 0 Å². The molecule has 0 unspecified atom stereocenters. The van der Waals surface area contributed by atoms with E-state index in [0.29, 0.717) is 10.4 Å². The molecule has 0 bridgehead atoms. The fourth-order valence-corrected chi connectivity index (χ4v) is 1.74. The number of aromatic nitrogens is 1. The molecule has 1 fully saturated rings. The van der Waals surface area contributed by atoms with E-state index in [4.69, 9.17) is 4.52 Å². The molecule has 0 N–H and O–H groups in total. The first kappa shape index (κ1) is 8.74. The molecule has 1 saturated carbocycles. The molecule has 1 aliphatic rings. The summed E-state index contributed by atoms with van der Waals surface area (Å²) in [5, 5.41) is 3.65. The van der Waals surface area contributed by atoms with Gasteiger partial charge in [-0.05, 0) is 28.8 Å². The maximum Gasteiger partial charge on any atom is 0.361 e. The molecule has 1 aromatic heterocycles. The molecule has 4 nitrogen and oxygen atoms in total. The van der Waals surface area contributed by atoms with Gasteiger partial charge in [-0.1, -0.05) is 5.16 Å². The molecule has 2 rings (SSSR count). The van der Waals surface area contributed by atoms with Crippen LogP contribution in [0, 0.1) is 0 Å². The van der Waals surface area contributed by atoms with E-state index in [1.165, 1.54) is 7.11 Å². The molecule has 1 heterocycles. The summed E-state index contributed by atoms with van der Waals surface area (Å²) in [5.74, 6) is 0.725. The van der Waals surface area contributed by atoms with E-state index in [2.05, 4.69) is 25.8 Å². The predicted octanol–water partition coefficient (Wildman–Crippen LogP) is 2.10. The van der Waals surface area contributed by atoms with Crippen LogP contribution in [0.2, 0.25) is 0 Å². The van der Waals surface area contributed by atoms with Crippen molar-refractivity contribution in [3.05, 3.63) is 15.9 Å². The number of hydrogen-bond acceptors (Lipinski definition) is 4. The Kier molecular flexibility index (Phi) is 2.11. The zero-order valence-corrected chi connectivity index (χ0v) is 8.63. The Hall–Kier alpha value is -0.840. The fourth-order valence-electron chi connectivity index (χ4n) is 1.11. The summed E-state index contributed by atoms with van der Waals surface area (Å²) in [7, 11) is 1.32. The molecule has 0 amide bonds. The zero-order valence-electron chi connectivity index (χ0n) is 7.04. The second-order valence-electron chi connectivity index (χ2n) is 2.98. The van der Waals surface area contributed by atoms with Crippen molar-refractivity contribution >= 4 is 21.9 Å². The summed E-state index contributed by atoms with van der Waals surface area (Å²) >= 11 is 3.28. The first-order valence-electron chi connectivity index (χ1n) is 3.97. The number of nitrogens with zero attached hydrogens (tertiary/aromatic N) is 1. The molecule has 70 valence electrons. The molecule has 1 aromatic rings. The van der Waals surface area contributed by atoms with Gasteiger partial charge in [-0.25, -0.2) is 4.79 Å². The van der Waals surface area contributed by atoms with Crippen LogP contribution in [0.3, 0.4) is 0 Å². The first-order chi connectivity index (χ1) is 6.24. The lowest BCUT2D eigenvalue weighted by atomic mass is 10.3. The highest BCUT2D eigenvalue weighted by molar-refractivity contribution is 9.10. The van der Waals surface area contributed by atoms with E-state index >= 15 is 0 Å². The van der Waals surface area contributed by atoms with Crippen LogP contribution in [-0.2, 0) is 4.74 Å². The highest BCUT2D eigenvalue weighted by atomic mass is 79.9. The molecule has 0 atom stereocenters. The maximum atomic E-state index is 11.1. The Bertz CT molecular complexity index is 343. The molecular formula is C8H8BrNO3. The lowest BCUT2D eigenvalue weighted by molar-refractivity contribution is 0.0588. The predicted molar refractivity (Wildman–Crippen MR) is 47.5 cm³/mol. The normalized spacial score (nSPS) is 15.8. The van der Waals surface area contributed by atoms with Gasteiger partial charge < -0.3 is 9.26 Å². The van der Waals surface area contributed by atoms with Crippen LogP contribution in [0.1, 0.15) is 35.0 Å². The van der Waals surface area contributed by atoms with Gasteiger partial charge in [0, 0.05) is 5.92 Å². The van der Waals surface area contributed by atoms with Crippen LogP contribution in [-0.4, -0.2) is 18.2 Å². The second-order valence-corrected chi connectivity index (χ2v) is 3.77. The Morgan fingerprint density at radius 1 is 1.69 bits per heavy atom. The number of carbonyl (C=O) groups is 1. The Morgan fingerprint density at radius 2 is 2.38 bits per heavy atom. The van der Waals surface area contributed by atoms with Crippen molar-refractivity contribution in [2.24, 2.45) is 0 Å². The van der Waals surface area contributed by atoms with Crippen molar-refractivity contribution in [1.29, 1.82) is 0 Å². The molecule has 5 heteroatoms. The minimum absolute atomic E-state index is 0.226. The Balaban J connectivity index is 2.32. The van der Waals surface area contributed by atoms with Gasteiger partial charge in [0.1, 0.15) is 0 Å². The van der Waals surface area contributed by atoms with Gasteiger partial charge in [-0.3, -0.25) is 0 Å². The topological polar surface area (TPSA) is 52.3 Å². The number of methoxy groups -OCH3 is 1. The van der Waals surface area contributed by atoms with Gasteiger partial charge in [-0.2, -0.15) is 0 Å². The van der Waals surface area contributed by atoms with Crippen LogP contribution in [0.15, 0.2) is 9.00 Å². The second kappa shape index (κ2) is 3.14. The van der Waals surface area contributed by atoms with E-state index in [0.717, 1.165) is 18.6 Å². The molecule has 0 aromatic carbocycles. The van der Waals surface area contributed by atoms with Crippen LogP contribution in [0.25, 0.3) is 0 Å². The quantitative estimate of drug-likeness (QED) is 0.750. The monoisotopic (exact) mass is 245 g/mol. The number of halogens is 1. The van der Waals surface area contributed by atoms with E-state index < -0.39 is 5.97 Å². The van der Waals surface area contributed by atoms with Crippen molar-refractivity contribution in [2.45, 2.75) is 18.8 Å². The lowest BCUT2D eigenvalue weighted by Crippen LogP contribution is -2.01. The Labute approximate surface area is 83.4 Å². The van der Waals surface area contributed by atoms with Crippen molar-refractivity contribution in [2.75, 3.05) is 7.11 Å². The summed E-state index contributed by atoms with van der Waals surface area (Å²) in [6.07, 6.45) is 2.21. The number of rotatable bonds is 2. The van der Waals surface area contributed by atoms with Gasteiger partial charge in [0.05, 0.1) is 11.6 Å². The summed E-state index contributed by atoms with van der Waals surface area (Å²) in [4.78, 5) is 11.1. The van der Waals surface area contributed by atoms with Gasteiger partial charge in [0.25, 0.3) is 0 Å². The molecule has 1 aliphatic carbocycles. The SMILES string of the molecule is COC(=O)c1noc(C2CC2)c1Br. The average molecular weight is 246 g/mol. The van der Waals surface area contributed by atoms with E-state index in [1.54, 1.807) is 0 Å². The van der Waals surface area contributed by atoms with E-state index in [-0.39, 0.29) is 5.69 Å². The first-order valence-corrected chi connectivity index (χ1v) is 4.76. The van der Waals surface area contributed by atoms with Crippen LogP contribution in [0.4, 0.5) is 0 Å². The maximum absolute atomic E-state index is 11.1. The molecule has 0 spiro atoms. The van der Waals surface area contributed by atoms with Crippen LogP contribution >= 0.6 is 15.9 Å². The minimum atomic E-state index is -0.470. The lowest BCUT2D eigenvalue weighted by Gasteiger charge is -1.92. The number of hydrogen-bond donors (Lipinski definition) is 0. The van der Waals surface area contributed by atoms with Gasteiger partial charge in [-0.15, -0.1) is 0 Å². The number of carbonyl (C=O) groups excluding carboxylic acids is 1. The van der Waals surface area contributed by atoms with Crippen LogP contribution in [0.5, 0.6) is 0 Å². The standard InChI is InChI=1S/C8H8BrNO3/c1-12-8(11)6-5(9)7(13-10-6)4-2-3-4/h4H,2-3H2,1H3. The third-order valence-electron chi connectivity index (χ3n) is 1.99. The highest BCUT2D eigenvalue weighted by Crippen LogP contribution is 2.44. The average Bonchev–Trinajstić information content (AvgIpc) is 2.90. The van der Waals surface area contributed by atoms with Gasteiger partial charge in [0.2, 0.25) is 5.69 Å². The summed E-state index contributed by atoms with van der Waals surface area (Å²) in [6, 6.07) is 0. The summed E-state index contributed by atoms with van der Waals surface area (Å²) in [6.45, 7) is 0. The van der Waals surface area contributed by atoms with Crippen molar-refractivity contribution < 1.29 is 14.1 Å². The Morgan fingerprint density at radius 3 is 2.92 bits per heavy atom. The molecular weight excluding hydrogens is 238 g/mol. The van der Waals surface area contributed by atoms with Crippen molar-refractivity contribution in [3.63, 3.8) is 0 Å². The van der Waals surface area contributed by atoms with Crippen molar-refractivity contribution in [1.82, 2.24) is 5.16 Å². The third kappa shape index (κ3) is 1.48. The number of esters is 1. The highest BCUT2D eigenvalue weighted by Gasteiger charge is 2.33. The summed E-state index contributed by atoms with van der Waals surface area (Å²) in [5.41, 5.74) is 0.226. The molecule has 13 heavy (non-hydrogen) atoms. The molecule has 0 radical (unpaired) electrons. The smallest absolute Gasteiger partial charge is 0.361 e.